The third-order valence-corrected chi connectivity index (χ3v) is 5.25. The van der Waals surface area contributed by atoms with Crippen LogP contribution in [0.25, 0.3) is 5.76 Å². The summed E-state index contributed by atoms with van der Waals surface area (Å²) < 4.78 is 46.3. The molecule has 0 radical (unpaired) electrons. The molecule has 1 amide bonds. The number of anilines is 1. The van der Waals surface area contributed by atoms with Crippen LogP contribution in [-0.4, -0.2) is 23.4 Å². The Morgan fingerprint density at radius 3 is 2.21 bits per heavy atom. The van der Waals surface area contributed by atoms with Gasteiger partial charge in [0.1, 0.15) is 17.3 Å². The molecule has 4 rings (SSSR count). The Balaban J connectivity index is 1.91. The van der Waals surface area contributed by atoms with Crippen molar-refractivity contribution in [2.45, 2.75) is 13.0 Å². The third-order valence-electron chi connectivity index (χ3n) is 5.25. The van der Waals surface area contributed by atoms with Crippen molar-refractivity contribution >= 4 is 23.1 Å². The zero-order valence-electron chi connectivity index (χ0n) is 17.4. The highest BCUT2D eigenvalue weighted by molar-refractivity contribution is 6.51. The van der Waals surface area contributed by atoms with Gasteiger partial charge in [-0.25, -0.2) is 13.2 Å². The summed E-state index contributed by atoms with van der Waals surface area (Å²) in [5.41, 5.74) is 0.218. The van der Waals surface area contributed by atoms with E-state index in [9.17, 15) is 27.9 Å². The molecule has 1 fully saturated rings. The summed E-state index contributed by atoms with van der Waals surface area (Å²) in [6.07, 6.45) is 0. The molecule has 0 bridgehead atoms. The minimum absolute atomic E-state index is 0.0620. The Kier molecular flexibility index (Phi) is 5.91. The first-order chi connectivity index (χ1) is 15.8. The zero-order valence-corrected chi connectivity index (χ0v) is 17.4. The fraction of sp³-hybridized carbons (Fsp3) is 0.120. The number of aliphatic hydroxyl groups is 1. The Hall–Kier alpha value is -4.07. The highest BCUT2D eigenvalue weighted by Gasteiger charge is 2.47. The summed E-state index contributed by atoms with van der Waals surface area (Å²) in [6.45, 7) is 2.24. The largest absolute Gasteiger partial charge is 0.507 e. The number of Topliss-reactive ketones (excluding diaryl/α,β-unsaturated/α-hetero) is 1. The first kappa shape index (κ1) is 22.1. The van der Waals surface area contributed by atoms with Gasteiger partial charge in [0.05, 0.1) is 18.2 Å². The number of nitrogens with zero attached hydrogens (tertiary/aromatic N) is 1. The van der Waals surface area contributed by atoms with Crippen LogP contribution < -0.4 is 9.64 Å². The number of aliphatic hydroxyl groups excluding tert-OH is 1. The van der Waals surface area contributed by atoms with E-state index in [1.807, 2.05) is 6.92 Å². The quantitative estimate of drug-likeness (QED) is 0.331. The highest BCUT2D eigenvalue weighted by atomic mass is 19.2. The normalized spacial score (nSPS) is 17.5. The number of ether oxygens (including phenoxy) is 1. The first-order valence-electron chi connectivity index (χ1n) is 10.1. The highest BCUT2D eigenvalue weighted by Crippen LogP contribution is 2.42. The molecule has 1 atom stereocenters. The molecular formula is C25H18F3NO4. The fourth-order valence-electron chi connectivity index (χ4n) is 3.73. The van der Waals surface area contributed by atoms with Gasteiger partial charge in [0, 0.05) is 17.3 Å². The monoisotopic (exact) mass is 453 g/mol. The molecular weight excluding hydrogens is 435 g/mol. The zero-order chi connectivity index (χ0) is 23.7. The van der Waals surface area contributed by atoms with Crippen LogP contribution >= 0.6 is 0 Å². The van der Waals surface area contributed by atoms with Gasteiger partial charge in [-0.1, -0.05) is 12.1 Å². The lowest BCUT2D eigenvalue weighted by Crippen LogP contribution is -2.29. The lowest BCUT2D eigenvalue weighted by Gasteiger charge is -2.25. The maximum absolute atomic E-state index is 14.0. The first-order valence-corrected chi connectivity index (χ1v) is 10.1. The minimum Gasteiger partial charge on any atom is -0.507 e. The van der Waals surface area contributed by atoms with E-state index in [1.54, 1.807) is 24.3 Å². The summed E-state index contributed by atoms with van der Waals surface area (Å²) in [4.78, 5) is 27.0. The van der Waals surface area contributed by atoms with Crippen molar-refractivity contribution in [1.29, 1.82) is 0 Å². The van der Waals surface area contributed by atoms with E-state index >= 15 is 0 Å². The van der Waals surface area contributed by atoms with E-state index < -0.39 is 40.9 Å². The average molecular weight is 453 g/mol. The number of carbonyl (C=O) groups excluding carboxylic acids is 2. The van der Waals surface area contributed by atoms with Gasteiger partial charge in [0.2, 0.25) is 0 Å². The van der Waals surface area contributed by atoms with Gasteiger partial charge in [0.15, 0.2) is 11.6 Å². The third kappa shape index (κ3) is 4.07. The van der Waals surface area contributed by atoms with Crippen molar-refractivity contribution in [3.63, 3.8) is 0 Å². The van der Waals surface area contributed by atoms with E-state index in [-0.39, 0.29) is 16.8 Å². The number of amides is 1. The van der Waals surface area contributed by atoms with E-state index in [2.05, 4.69) is 0 Å². The summed E-state index contributed by atoms with van der Waals surface area (Å²) >= 11 is 0. The van der Waals surface area contributed by atoms with Crippen LogP contribution in [0, 0.1) is 17.5 Å². The molecule has 1 unspecified atom stereocenters. The molecule has 5 nitrogen and oxygen atoms in total. The van der Waals surface area contributed by atoms with Crippen LogP contribution in [0.1, 0.15) is 24.1 Å². The van der Waals surface area contributed by atoms with Crippen LogP contribution in [0.4, 0.5) is 18.9 Å². The molecule has 1 heterocycles. The van der Waals surface area contributed by atoms with Gasteiger partial charge in [0.25, 0.3) is 11.7 Å². The molecule has 1 aliphatic heterocycles. The molecule has 3 aromatic carbocycles. The molecule has 1 N–H and O–H groups in total. The average Bonchev–Trinajstić information content (AvgIpc) is 3.07. The second kappa shape index (κ2) is 8.82. The predicted octanol–water partition coefficient (Wildman–Crippen LogP) is 5.13. The molecule has 8 heteroatoms. The van der Waals surface area contributed by atoms with Crippen LogP contribution in [0.3, 0.4) is 0 Å². The Morgan fingerprint density at radius 1 is 0.939 bits per heavy atom. The molecule has 0 aromatic heterocycles. The van der Waals surface area contributed by atoms with Crippen molar-refractivity contribution in [2.24, 2.45) is 0 Å². The summed E-state index contributed by atoms with van der Waals surface area (Å²) in [5, 5.41) is 10.9. The Bertz CT molecular complexity index is 1250. The van der Waals surface area contributed by atoms with Crippen molar-refractivity contribution in [2.75, 3.05) is 11.5 Å². The number of halogens is 3. The molecule has 1 saturated heterocycles. The number of benzene rings is 3. The lowest BCUT2D eigenvalue weighted by molar-refractivity contribution is -0.132. The van der Waals surface area contributed by atoms with Crippen molar-refractivity contribution in [3.05, 3.63) is 101 Å². The number of rotatable bonds is 5. The summed E-state index contributed by atoms with van der Waals surface area (Å²) in [6, 6.07) is 12.9. The van der Waals surface area contributed by atoms with Gasteiger partial charge < -0.3 is 9.84 Å². The van der Waals surface area contributed by atoms with E-state index in [0.717, 1.165) is 29.2 Å². The number of hydrogen-bond donors (Lipinski definition) is 1. The van der Waals surface area contributed by atoms with Crippen molar-refractivity contribution in [3.8, 4) is 5.75 Å². The van der Waals surface area contributed by atoms with E-state index in [0.29, 0.717) is 17.9 Å². The van der Waals surface area contributed by atoms with E-state index in [1.165, 1.54) is 18.2 Å². The maximum Gasteiger partial charge on any atom is 0.300 e. The van der Waals surface area contributed by atoms with Gasteiger partial charge in [-0.3, -0.25) is 14.5 Å². The molecule has 3 aromatic rings. The fourth-order valence-corrected chi connectivity index (χ4v) is 3.73. The molecule has 0 aliphatic carbocycles. The standard InChI is InChI=1S/C25H18F3NO4/c1-2-33-18-10-5-14(6-11-18)22-21(23(30)15-3-7-16(26)8-4-15)24(31)25(32)29(22)17-9-12-19(27)20(28)13-17/h3-13,22,30H,2H2,1H3/b23-21+. The molecule has 0 saturated carbocycles. The summed E-state index contributed by atoms with van der Waals surface area (Å²) in [5.74, 6) is -4.86. The van der Waals surface area contributed by atoms with Gasteiger partial charge >= 0.3 is 0 Å². The van der Waals surface area contributed by atoms with E-state index in [4.69, 9.17) is 4.74 Å². The second-order valence-electron chi connectivity index (χ2n) is 7.28. The van der Waals surface area contributed by atoms with Crippen molar-refractivity contribution < 1.29 is 32.6 Å². The Labute approximate surface area is 187 Å². The minimum atomic E-state index is -1.20. The number of carbonyl (C=O) groups is 2. The second-order valence-corrected chi connectivity index (χ2v) is 7.28. The lowest BCUT2D eigenvalue weighted by atomic mass is 9.95. The topological polar surface area (TPSA) is 66.8 Å². The predicted molar refractivity (Wildman–Crippen MR) is 115 cm³/mol. The summed E-state index contributed by atoms with van der Waals surface area (Å²) in [7, 11) is 0. The molecule has 1 aliphatic rings. The SMILES string of the molecule is CCOc1ccc(C2/C(=C(\O)c3ccc(F)cc3)C(=O)C(=O)N2c2ccc(F)c(F)c2)cc1. The smallest absolute Gasteiger partial charge is 0.300 e. The molecule has 168 valence electrons. The Morgan fingerprint density at radius 2 is 1.61 bits per heavy atom. The van der Waals surface area contributed by atoms with Crippen molar-refractivity contribution in [1.82, 2.24) is 0 Å². The number of hydrogen-bond acceptors (Lipinski definition) is 4. The number of ketones is 1. The van der Waals surface area contributed by atoms with Crippen LogP contribution in [0.15, 0.2) is 72.3 Å². The maximum atomic E-state index is 14.0. The van der Waals surface area contributed by atoms with Crippen LogP contribution in [-0.2, 0) is 9.59 Å². The molecule has 0 spiro atoms. The molecule has 33 heavy (non-hydrogen) atoms. The van der Waals surface area contributed by atoms with Crippen LogP contribution in [0.2, 0.25) is 0 Å². The van der Waals surface area contributed by atoms with Gasteiger partial charge in [-0.2, -0.15) is 0 Å². The van der Waals surface area contributed by atoms with Gasteiger partial charge in [-0.15, -0.1) is 0 Å². The van der Waals surface area contributed by atoms with Gasteiger partial charge in [-0.05, 0) is 61.0 Å². The van der Waals surface area contributed by atoms with Crippen LogP contribution in [0.5, 0.6) is 5.75 Å².